The molecule has 1 amide bonds. The lowest BCUT2D eigenvalue weighted by molar-refractivity contribution is -0.117. The largest absolute Gasteiger partial charge is 0.490 e. The van der Waals surface area contributed by atoms with Crippen LogP contribution in [0.5, 0.6) is 11.5 Å². The molecule has 0 aliphatic carbocycles. The summed E-state index contributed by atoms with van der Waals surface area (Å²) in [4.78, 5) is 16.6. The number of amides is 1. The summed E-state index contributed by atoms with van der Waals surface area (Å²) in [7, 11) is 0. The fourth-order valence-corrected chi connectivity index (χ4v) is 2.63. The molecular formula is C14H16N4O3. The van der Waals surface area contributed by atoms with Gasteiger partial charge in [-0.3, -0.25) is 4.79 Å². The second-order valence-corrected chi connectivity index (χ2v) is 5.17. The smallest absolute Gasteiger partial charge is 0.227 e. The number of anilines is 1. The molecule has 0 radical (unpaired) electrons. The number of nitrogens with zero attached hydrogens (tertiary/aromatic N) is 4. The van der Waals surface area contributed by atoms with Gasteiger partial charge in [0, 0.05) is 42.6 Å². The highest BCUT2D eigenvalue weighted by molar-refractivity contribution is 5.96. The van der Waals surface area contributed by atoms with Crippen LogP contribution in [0.2, 0.25) is 0 Å². The van der Waals surface area contributed by atoms with Crippen molar-refractivity contribution in [3.8, 4) is 11.5 Å². The summed E-state index contributed by atoms with van der Waals surface area (Å²) < 4.78 is 11.2. The van der Waals surface area contributed by atoms with Crippen LogP contribution in [0.25, 0.3) is 10.4 Å². The molecule has 0 aromatic heterocycles. The molecule has 1 atom stereocenters. The maximum absolute atomic E-state index is 12.1. The maximum atomic E-state index is 12.1. The number of rotatable bonds is 3. The number of carbonyl (C=O) groups is 1. The van der Waals surface area contributed by atoms with Gasteiger partial charge in [0.05, 0.1) is 13.2 Å². The standard InChI is InChI=1S/C14H16N4O3/c15-17-16-8-10-6-14(19)18(9-10)11-2-3-12-13(7-11)21-5-1-4-20-12/h2-3,7,10H,1,4-6,8-9H2. The molecular weight excluding hydrogens is 272 g/mol. The Morgan fingerprint density at radius 2 is 2.14 bits per heavy atom. The highest BCUT2D eigenvalue weighted by Gasteiger charge is 2.30. The van der Waals surface area contributed by atoms with E-state index in [0.29, 0.717) is 44.2 Å². The van der Waals surface area contributed by atoms with Gasteiger partial charge in [0.2, 0.25) is 5.91 Å². The zero-order valence-corrected chi connectivity index (χ0v) is 11.6. The third-order valence-electron chi connectivity index (χ3n) is 3.65. The highest BCUT2D eigenvalue weighted by atomic mass is 16.5. The van der Waals surface area contributed by atoms with Crippen LogP contribution in [0.3, 0.4) is 0 Å². The van der Waals surface area contributed by atoms with Crippen molar-refractivity contribution < 1.29 is 14.3 Å². The Bertz CT molecular complexity index is 598. The first-order valence-corrected chi connectivity index (χ1v) is 6.99. The minimum Gasteiger partial charge on any atom is -0.490 e. The van der Waals surface area contributed by atoms with E-state index in [2.05, 4.69) is 10.0 Å². The zero-order valence-electron chi connectivity index (χ0n) is 11.6. The van der Waals surface area contributed by atoms with Crippen LogP contribution in [-0.4, -0.2) is 32.2 Å². The summed E-state index contributed by atoms with van der Waals surface area (Å²) in [6.45, 7) is 2.17. The number of hydrogen-bond acceptors (Lipinski definition) is 4. The van der Waals surface area contributed by atoms with Crippen LogP contribution >= 0.6 is 0 Å². The van der Waals surface area contributed by atoms with E-state index in [1.807, 2.05) is 18.2 Å². The van der Waals surface area contributed by atoms with E-state index in [-0.39, 0.29) is 11.8 Å². The highest BCUT2D eigenvalue weighted by Crippen LogP contribution is 2.35. The Morgan fingerprint density at radius 3 is 2.95 bits per heavy atom. The van der Waals surface area contributed by atoms with Crippen LogP contribution in [-0.2, 0) is 4.79 Å². The van der Waals surface area contributed by atoms with Gasteiger partial charge < -0.3 is 14.4 Å². The third kappa shape index (κ3) is 2.87. The summed E-state index contributed by atoms with van der Waals surface area (Å²) in [6.07, 6.45) is 1.26. The molecule has 3 rings (SSSR count). The maximum Gasteiger partial charge on any atom is 0.227 e. The second kappa shape index (κ2) is 5.93. The van der Waals surface area contributed by atoms with Crippen molar-refractivity contribution in [2.75, 3.05) is 31.2 Å². The summed E-state index contributed by atoms with van der Waals surface area (Å²) in [6, 6.07) is 5.54. The number of fused-ring (bicyclic) bond motifs is 1. The predicted octanol–water partition coefficient (Wildman–Crippen LogP) is 2.51. The van der Waals surface area contributed by atoms with Crippen LogP contribution in [0.4, 0.5) is 5.69 Å². The molecule has 2 heterocycles. The first-order valence-electron chi connectivity index (χ1n) is 6.99. The van der Waals surface area contributed by atoms with Gasteiger partial charge in [0.25, 0.3) is 0 Å². The van der Waals surface area contributed by atoms with E-state index in [9.17, 15) is 4.79 Å². The number of azide groups is 1. The van der Waals surface area contributed by atoms with Crippen molar-refractivity contribution in [3.63, 3.8) is 0 Å². The van der Waals surface area contributed by atoms with E-state index >= 15 is 0 Å². The number of ether oxygens (including phenoxy) is 2. The van der Waals surface area contributed by atoms with Crippen LogP contribution in [0, 0.1) is 5.92 Å². The molecule has 2 aliphatic heterocycles. The first kappa shape index (κ1) is 13.6. The molecule has 110 valence electrons. The molecule has 1 unspecified atom stereocenters. The molecule has 1 aromatic rings. The Morgan fingerprint density at radius 1 is 1.33 bits per heavy atom. The fourth-order valence-electron chi connectivity index (χ4n) is 2.63. The molecule has 1 aromatic carbocycles. The van der Waals surface area contributed by atoms with E-state index < -0.39 is 0 Å². The van der Waals surface area contributed by atoms with Gasteiger partial charge >= 0.3 is 0 Å². The van der Waals surface area contributed by atoms with Crippen molar-refractivity contribution in [3.05, 3.63) is 28.6 Å². The summed E-state index contributed by atoms with van der Waals surface area (Å²) in [5, 5.41) is 3.56. The Kier molecular flexibility index (Phi) is 3.83. The van der Waals surface area contributed by atoms with Gasteiger partial charge in [0.15, 0.2) is 11.5 Å². The predicted molar refractivity (Wildman–Crippen MR) is 76.5 cm³/mol. The molecule has 0 saturated carbocycles. The van der Waals surface area contributed by atoms with Crippen molar-refractivity contribution in [2.45, 2.75) is 12.8 Å². The molecule has 0 spiro atoms. The molecule has 7 heteroatoms. The molecule has 0 bridgehead atoms. The normalized spacial score (nSPS) is 20.9. The molecule has 21 heavy (non-hydrogen) atoms. The number of hydrogen-bond donors (Lipinski definition) is 0. The van der Waals surface area contributed by atoms with Crippen molar-refractivity contribution in [1.29, 1.82) is 0 Å². The molecule has 2 aliphatic rings. The Balaban J connectivity index is 1.79. The van der Waals surface area contributed by atoms with E-state index in [1.54, 1.807) is 4.90 Å². The zero-order chi connectivity index (χ0) is 14.7. The summed E-state index contributed by atoms with van der Waals surface area (Å²) >= 11 is 0. The molecule has 1 saturated heterocycles. The Hall–Kier alpha value is -2.40. The Labute approximate surface area is 122 Å². The van der Waals surface area contributed by atoms with Gasteiger partial charge in [-0.1, -0.05) is 5.11 Å². The topological polar surface area (TPSA) is 87.5 Å². The lowest BCUT2D eigenvalue weighted by Crippen LogP contribution is -2.24. The average molecular weight is 288 g/mol. The minimum absolute atomic E-state index is 0.0441. The van der Waals surface area contributed by atoms with E-state index in [1.165, 1.54) is 0 Å². The lowest BCUT2D eigenvalue weighted by atomic mass is 10.1. The van der Waals surface area contributed by atoms with E-state index in [4.69, 9.17) is 15.0 Å². The van der Waals surface area contributed by atoms with Gasteiger partial charge in [-0.25, -0.2) is 0 Å². The van der Waals surface area contributed by atoms with Crippen molar-refractivity contribution >= 4 is 11.6 Å². The van der Waals surface area contributed by atoms with E-state index in [0.717, 1.165) is 12.1 Å². The molecule has 7 nitrogen and oxygen atoms in total. The van der Waals surface area contributed by atoms with Crippen molar-refractivity contribution in [2.24, 2.45) is 11.0 Å². The molecule has 0 N–H and O–H groups in total. The van der Waals surface area contributed by atoms with Crippen LogP contribution in [0.1, 0.15) is 12.8 Å². The summed E-state index contributed by atoms with van der Waals surface area (Å²) in [5.41, 5.74) is 9.16. The summed E-state index contributed by atoms with van der Waals surface area (Å²) in [5.74, 6) is 1.51. The number of benzene rings is 1. The average Bonchev–Trinajstić information content (AvgIpc) is 2.72. The monoisotopic (exact) mass is 288 g/mol. The lowest BCUT2D eigenvalue weighted by Gasteiger charge is -2.18. The quantitative estimate of drug-likeness (QED) is 0.486. The number of carbonyl (C=O) groups excluding carboxylic acids is 1. The first-order chi connectivity index (χ1) is 10.3. The fraction of sp³-hybridized carbons (Fsp3) is 0.500. The SMILES string of the molecule is [N-]=[N+]=NCC1CC(=O)N(c2ccc3c(c2)OCCCO3)C1. The van der Waals surface area contributed by atoms with Gasteiger partial charge in [0.1, 0.15) is 0 Å². The van der Waals surface area contributed by atoms with Crippen LogP contribution in [0.15, 0.2) is 23.3 Å². The van der Waals surface area contributed by atoms with Crippen LogP contribution < -0.4 is 14.4 Å². The van der Waals surface area contributed by atoms with Gasteiger partial charge in [-0.15, -0.1) is 0 Å². The van der Waals surface area contributed by atoms with Gasteiger partial charge in [-0.05, 0) is 23.6 Å². The minimum atomic E-state index is 0.0441. The van der Waals surface area contributed by atoms with Gasteiger partial charge in [-0.2, -0.15) is 0 Å². The molecule has 1 fully saturated rings. The second-order valence-electron chi connectivity index (χ2n) is 5.17. The van der Waals surface area contributed by atoms with Crippen molar-refractivity contribution in [1.82, 2.24) is 0 Å². The third-order valence-corrected chi connectivity index (χ3v) is 3.65.